The molecule has 0 unspecified atom stereocenters. The SMILES string of the molecule is CC(=O)NC1=NN(C(C)=O)[C@H](c2cc(Cl)ccc2OCCCOc2ccccc2)S1. The van der Waals surface area contributed by atoms with Crippen LogP contribution < -0.4 is 14.8 Å². The fourth-order valence-corrected chi connectivity index (χ4v) is 4.09. The minimum absolute atomic E-state index is 0.255. The van der Waals surface area contributed by atoms with Gasteiger partial charge in [-0.1, -0.05) is 41.6 Å². The number of rotatable bonds is 7. The summed E-state index contributed by atoms with van der Waals surface area (Å²) in [5, 5.41) is 8.53. The van der Waals surface area contributed by atoms with Crippen LogP contribution in [0.4, 0.5) is 0 Å². The Balaban J connectivity index is 1.66. The van der Waals surface area contributed by atoms with Crippen LogP contribution in [0.1, 0.15) is 31.2 Å². The van der Waals surface area contributed by atoms with Gasteiger partial charge in [-0.05, 0) is 30.3 Å². The summed E-state index contributed by atoms with van der Waals surface area (Å²) in [7, 11) is 0. The normalized spacial score (nSPS) is 15.5. The number of hydrogen-bond acceptors (Lipinski definition) is 6. The van der Waals surface area contributed by atoms with Gasteiger partial charge in [-0.3, -0.25) is 9.59 Å². The molecular formula is C21H22ClN3O4S. The predicted octanol–water partition coefficient (Wildman–Crippen LogP) is 4.19. The van der Waals surface area contributed by atoms with Gasteiger partial charge in [0.2, 0.25) is 11.8 Å². The van der Waals surface area contributed by atoms with Crippen LogP contribution in [0.15, 0.2) is 53.6 Å². The van der Waals surface area contributed by atoms with E-state index in [4.69, 9.17) is 21.1 Å². The number of amides is 2. The van der Waals surface area contributed by atoms with Gasteiger partial charge in [0.25, 0.3) is 0 Å². The van der Waals surface area contributed by atoms with Crippen molar-refractivity contribution in [3.05, 3.63) is 59.1 Å². The summed E-state index contributed by atoms with van der Waals surface area (Å²) < 4.78 is 11.6. The highest BCUT2D eigenvalue weighted by molar-refractivity contribution is 8.14. The maximum absolute atomic E-state index is 12.1. The van der Waals surface area contributed by atoms with Crippen molar-refractivity contribution in [1.29, 1.82) is 0 Å². The number of thioether (sulfide) groups is 1. The van der Waals surface area contributed by atoms with Crippen LogP contribution in [0.5, 0.6) is 11.5 Å². The van der Waals surface area contributed by atoms with Crippen LogP contribution in [0.3, 0.4) is 0 Å². The third kappa shape index (κ3) is 5.90. The maximum Gasteiger partial charge on any atom is 0.241 e. The number of amidine groups is 1. The molecule has 3 rings (SSSR count). The van der Waals surface area contributed by atoms with Gasteiger partial charge in [-0.25, -0.2) is 5.01 Å². The monoisotopic (exact) mass is 447 g/mol. The number of nitrogens with one attached hydrogen (secondary N) is 1. The van der Waals surface area contributed by atoms with Crippen molar-refractivity contribution < 1.29 is 19.1 Å². The average molecular weight is 448 g/mol. The van der Waals surface area contributed by atoms with Crippen molar-refractivity contribution in [2.45, 2.75) is 25.6 Å². The van der Waals surface area contributed by atoms with Gasteiger partial charge >= 0.3 is 0 Å². The van der Waals surface area contributed by atoms with E-state index in [1.54, 1.807) is 18.2 Å². The lowest BCUT2D eigenvalue weighted by Crippen LogP contribution is -2.25. The molecule has 1 atom stereocenters. The molecule has 158 valence electrons. The molecule has 0 fully saturated rings. The molecule has 7 nitrogen and oxygen atoms in total. The number of nitrogens with zero attached hydrogens (tertiary/aromatic N) is 2. The van der Waals surface area contributed by atoms with Crippen molar-refractivity contribution in [2.75, 3.05) is 13.2 Å². The molecule has 0 radical (unpaired) electrons. The van der Waals surface area contributed by atoms with Crippen molar-refractivity contribution in [3.63, 3.8) is 0 Å². The lowest BCUT2D eigenvalue weighted by molar-refractivity contribution is -0.129. The summed E-state index contributed by atoms with van der Waals surface area (Å²) in [6.45, 7) is 3.75. The number of ether oxygens (including phenoxy) is 2. The van der Waals surface area contributed by atoms with Crippen LogP contribution in [0.25, 0.3) is 0 Å². The Morgan fingerprint density at radius 2 is 1.87 bits per heavy atom. The number of carbonyl (C=O) groups is 2. The number of benzene rings is 2. The Labute approximate surface area is 184 Å². The second kappa shape index (κ2) is 10.4. The number of hydrogen-bond donors (Lipinski definition) is 1. The van der Waals surface area contributed by atoms with Gasteiger partial charge in [-0.15, -0.1) is 5.10 Å². The minimum Gasteiger partial charge on any atom is -0.493 e. The molecule has 0 saturated heterocycles. The maximum atomic E-state index is 12.1. The van der Waals surface area contributed by atoms with E-state index in [0.717, 1.165) is 5.75 Å². The molecule has 1 heterocycles. The van der Waals surface area contributed by atoms with E-state index in [-0.39, 0.29) is 11.8 Å². The molecular weight excluding hydrogens is 426 g/mol. The second-order valence-electron chi connectivity index (χ2n) is 6.47. The molecule has 0 bridgehead atoms. The molecule has 0 saturated carbocycles. The van der Waals surface area contributed by atoms with Crippen molar-refractivity contribution >= 4 is 40.3 Å². The Bertz CT molecular complexity index is 939. The second-order valence-corrected chi connectivity index (χ2v) is 7.97. The average Bonchev–Trinajstić information content (AvgIpc) is 3.12. The molecule has 9 heteroatoms. The number of carbonyl (C=O) groups excluding carboxylic acids is 2. The zero-order valence-electron chi connectivity index (χ0n) is 16.6. The van der Waals surface area contributed by atoms with Crippen LogP contribution in [-0.2, 0) is 9.59 Å². The summed E-state index contributed by atoms with van der Waals surface area (Å²) in [6, 6.07) is 14.8. The van der Waals surface area contributed by atoms with Crippen LogP contribution in [0.2, 0.25) is 5.02 Å². The number of halogens is 1. The van der Waals surface area contributed by atoms with E-state index in [2.05, 4.69) is 10.4 Å². The summed E-state index contributed by atoms with van der Waals surface area (Å²) in [4.78, 5) is 23.5. The van der Waals surface area contributed by atoms with E-state index in [1.807, 2.05) is 30.3 Å². The fourth-order valence-electron chi connectivity index (χ4n) is 2.76. The molecule has 0 aromatic heterocycles. The molecule has 2 aromatic rings. The highest BCUT2D eigenvalue weighted by Crippen LogP contribution is 2.43. The third-order valence-corrected chi connectivity index (χ3v) is 5.36. The lowest BCUT2D eigenvalue weighted by Gasteiger charge is -2.22. The van der Waals surface area contributed by atoms with Crippen molar-refractivity contribution in [2.24, 2.45) is 5.10 Å². The Morgan fingerprint density at radius 1 is 1.13 bits per heavy atom. The van der Waals surface area contributed by atoms with Gasteiger partial charge in [0.15, 0.2) is 5.17 Å². The van der Waals surface area contributed by atoms with Gasteiger partial charge in [0, 0.05) is 30.9 Å². The highest BCUT2D eigenvalue weighted by atomic mass is 35.5. The topological polar surface area (TPSA) is 80.2 Å². The van der Waals surface area contributed by atoms with Crippen LogP contribution >= 0.6 is 23.4 Å². The van der Waals surface area contributed by atoms with E-state index < -0.39 is 5.37 Å². The lowest BCUT2D eigenvalue weighted by atomic mass is 10.2. The summed E-state index contributed by atoms with van der Waals surface area (Å²) in [5.41, 5.74) is 0.704. The first-order valence-corrected chi connectivity index (χ1v) is 10.6. The van der Waals surface area contributed by atoms with Gasteiger partial charge < -0.3 is 14.8 Å². The van der Waals surface area contributed by atoms with Gasteiger partial charge in [0.05, 0.1) is 13.2 Å². The zero-order valence-corrected chi connectivity index (χ0v) is 18.2. The Hall–Kier alpha value is -2.71. The molecule has 1 aliphatic heterocycles. The molecule has 0 spiro atoms. The molecule has 30 heavy (non-hydrogen) atoms. The zero-order chi connectivity index (χ0) is 21.5. The summed E-state index contributed by atoms with van der Waals surface area (Å²) >= 11 is 7.45. The summed E-state index contributed by atoms with van der Waals surface area (Å²) in [6.07, 6.45) is 0.679. The first kappa shape index (κ1) is 22.0. The molecule has 1 N–H and O–H groups in total. The van der Waals surface area contributed by atoms with Crippen molar-refractivity contribution in [1.82, 2.24) is 10.3 Å². The summed E-state index contributed by atoms with van der Waals surface area (Å²) in [5.74, 6) is 0.898. The van der Waals surface area contributed by atoms with E-state index in [0.29, 0.717) is 41.1 Å². The van der Waals surface area contributed by atoms with Crippen LogP contribution in [0, 0.1) is 0 Å². The highest BCUT2D eigenvalue weighted by Gasteiger charge is 2.34. The predicted molar refractivity (Wildman–Crippen MR) is 118 cm³/mol. The Kier molecular flexibility index (Phi) is 7.59. The smallest absolute Gasteiger partial charge is 0.241 e. The largest absolute Gasteiger partial charge is 0.493 e. The molecule has 2 aromatic carbocycles. The number of para-hydroxylation sites is 1. The minimum atomic E-state index is -0.487. The van der Waals surface area contributed by atoms with Crippen molar-refractivity contribution in [3.8, 4) is 11.5 Å². The van der Waals surface area contributed by atoms with E-state index in [9.17, 15) is 9.59 Å². The first-order chi connectivity index (χ1) is 14.4. The van der Waals surface area contributed by atoms with E-state index >= 15 is 0 Å². The first-order valence-electron chi connectivity index (χ1n) is 9.37. The third-order valence-electron chi connectivity index (χ3n) is 4.05. The van der Waals surface area contributed by atoms with E-state index in [1.165, 1.54) is 30.6 Å². The standard InChI is InChI=1S/C21H22ClN3O4S/c1-14(26)23-21-24-25(15(2)27)20(30-21)18-13-16(22)9-10-19(18)29-12-6-11-28-17-7-4-3-5-8-17/h3-5,7-10,13,20H,6,11-12H2,1-2H3,(H,23,24,26)/t20-/m0/s1. The quantitative estimate of drug-likeness (QED) is 0.644. The van der Waals surface area contributed by atoms with Gasteiger partial charge in [-0.2, -0.15) is 0 Å². The molecule has 2 amide bonds. The van der Waals surface area contributed by atoms with Crippen LogP contribution in [-0.4, -0.2) is 35.2 Å². The van der Waals surface area contributed by atoms with Gasteiger partial charge in [0.1, 0.15) is 16.9 Å². The number of hydrazone groups is 1. The Morgan fingerprint density at radius 3 is 2.57 bits per heavy atom. The fraction of sp³-hybridized carbons (Fsp3) is 0.286. The molecule has 1 aliphatic rings. The molecule has 0 aliphatic carbocycles.